The summed E-state index contributed by atoms with van der Waals surface area (Å²) in [4.78, 5) is 35.6. The summed E-state index contributed by atoms with van der Waals surface area (Å²) < 4.78 is 5.12. The van der Waals surface area contributed by atoms with Crippen LogP contribution in [0.2, 0.25) is 0 Å². The Balaban J connectivity index is 1.67. The van der Waals surface area contributed by atoms with Gasteiger partial charge in [-0.15, -0.1) is 0 Å². The lowest BCUT2D eigenvalue weighted by molar-refractivity contribution is -0.133. The van der Waals surface area contributed by atoms with Crippen LogP contribution in [-0.2, 0) is 20.9 Å². The molecule has 0 bridgehead atoms. The van der Waals surface area contributed by atoms with Gasteiger partial charge in [0.05, 0.1) is 0 Å². The van der Waals surface area contributed by atoms with E-state index in [-0.39, 0.29) is 6.61 Å². The normalized spacial score (nSPS) is 11.5. The summed E-state index contributed by atoms with van der Waals surface area (Å²) in [6.45, 7) is 0.552. The fourth-order valence-corrected chi connectivity index (χ4v) is 2.74. The third-order valence-corrected chi connectivity index (χ3v) is 4.37. The molecule has 2 aromatic carbocycles. The summed E-state index contributed by atoms with van der Waals surface area (Å²) in [6.07, 6.45) is 3.86. The minimum absolute atomic E-state index is 0.188. The molecule has 0 spiro atoms. The molecule has 2 aromatic rings. The van der Waals surface area contributed by atoms with Crippen LogP contribution >= 0.6 is 0 Å². The van der Waals surface area contributed by atoms with Crippen LogP contribution < -0.4 is 16.1 Å². The van der Waals surface area contributed by atoms with Gasteiger partial charge in [-0.3, -0.25) is 14.8 Å². The molecule has 0 unspecified atom stereocenters. The predicted octanol–water partition coefficient (Wildman–Crippen LogP) is 2.79. The maximum absolute atomic E-state index is 12.1. The average Bonchev–Trinajstić information content (AvgIpc) is 2.81. The van der Waals surface area contributed by atoms with Gasteiger partial charge >= 0.3 is 6.09 Å². The Morgan fingerprint density at radius 3 is 2.32 bits per heavy atom. The van der Waals surface area contributed by atoms with Crippen molar-refractivity contribution in [3.63, 3.8) is 0 Å². The van der Waals surface area contributed by atoms with E-state index in [0.717, 1.165) is 11.1 Å². The van der Waals surface area contributed by atoms with Gasteiger partial charge in [0.2, 0.25) is 5.91 Å². The summed E-state index contributed by atoms with van der Waals surface area (Å²) in [7, 11) is 0. The molecular formula is C23H27N3O5. The zero-order valence-corrected chi connectivity index (χ0v) is 17.1. The number of amides is 3. The molecule has 3 amide bonds. The van der Waals surface area contributed by atoms with Crippen molar-refractivity contribution in [1.29, 1.82) is 0 Å². The number of nitrogens with one attached hydrogen (secondary N) is 3. The van der Waals surface area contributed by atoms with Crippen molar-refractivity contribution < 1.29 is 24.3 Å². The van der Waals surface area contributed by atoms with E-state index in [9.17, 15) is 14.4 Å². The molecule has 0 saturated carbocycles. The number of carbonyl (C=O) groups is 3. The molecule has 8 nitrogen and oxygen atoms in total. The van der Waals surface area contributed by atoms with Crippen molar-refractivity contribution in [3.05, 3.63) is 77.9 Å². The number of benzene rings is 2. The van der Waals surface area contributed by atoms with Crippen molar-refractivity contribution >= 4 is 24.0 Å². The van der Waals surface area contributed by atoms with Crippen LogP contribution in [0.5, 0.6) is 0 Å². The van der Waals surface area contributed by atoms with Crippen molar-refractivity contribution in [3.8, 4) is 0 Å². The molecule has 4 N–H and O–H groups in total. The number of alkyl carbamates (subject to hydrolysis) is 1. The molecule has 31 heavy (non-hydrogen) atoms. The smallest absolute Gasteiger partial charge is 0.407 e. The first-order valence-electron chi connectivity index (χ1n) is 10.0. The fraction of sp³-hybridized carbons (Fsp3) is 0.261. The fourth-order valence-electron chi connectivity index (χ4n) is 2.74. The molecule has 0 heterocycles. The highest BCUT2D eigenvalue weighted by Gasteiger charge is 2.19. The van der Waals surface area contributed by atoms with Gasteiger partial charge in [0.1, 0.15) is 12.6 Å². The lowest BCUT2D eigenvalue weighted by Gasteiger charge is -2.15. The maximum atomic E-state index is 12.1. The summed E-state index contributed by atoms with van der Waals surface area (Å²) in [6, 6.07) is 17.7. The first kappa shape index (κ1) is 23.6. The lowest BCUT2D eigenvalue weighted by Crippen LogP contribution is -2.45. The molecule has 0 aliphatic rings. The third kappa shape index (κ3) is 9.60. The van der Waals surface area contributed by atoms with E-state index in [0.29, 0.717) is 25.8 Å². The molecule has 164 valence electrons. The predicted molar refractivity (Wildman–Crippen MR) is 116 cm³/mol. The van der Waals surface area contributed by atoms with Crippen LogP contribution in [-0.4, -0.2) is 35.7 Å². The Morgan fingerprint density at radius 1 is 0.968 bits per heavy atom. The van der Waals surface area contributed by atoms with E-state index >= 15 is 0 Å². The minimum Gasteiger partial charge on any atom is -0.445 e. The van der Waals surface area contributed by atoms with E-state index < -0.39 is 23.9 Å². The summed E-state index contributed by atoms with van der Waals surface area (Å²) in [5, 5.41) is 14.1. The molecule has 8 heteroatoms. The van der Waals surface area contributed by atoms with Gasteiger partial charge in [0.25, 0.3) is 5.91 Å². The highest BCUT2D eigenvalue weighted by molar-refractivity contribution is 5.95. The molecule has 1 atom stereocenters. The number of hydrogen-bond acceptors (Lipinski definition) is 5. The van der Waals surface area contributed by atoms with E-state index in [1.807, 2.05) is 60.7 Å². The Bertz CT molecular complexity index is 856. The second-order valence-electron chi connectivity index (χ2n) is 6.77. The molecule has 0 aliphatic heterocycles. The van der Waals surface area contributed by atoms with Gasteiger partial charge in [0.15, 0.2) is 0 Å². The van der Waals surface area contributed by atoms with Gasteiger partial charge < -0.3 is 15.4 Å². The Kier molecular flexibility index (Phi) is 10.3. The second kappa shape index (κ2) is 13.6. The topological polar surface area (TPSA) is 117 Å². The van der Waals surface area contributed by atoms with Gasteiger partial charge in [-0.1, -0.05) is 60.7 Å². The first-order valence-corrected chi connectivity index (χ1v) is 10.0. The number of hydrogen-bond donors (Lipinski definition) is 4. The minimum atomic E-state index is -0.886. The van der Waals surface area contributed by atoms with E-state index in [2.05, 4.69) is 10.6 Å². The number of ether oxygens (including phenoxy) is 1. The molecule has 0 aromatic heterocycles. The zero-order valence-electron chi connectivity index (χ0n) is 17.1. The zero-order chi connectivity index (χ0) is 22.3. The van der Waals surface area contributed by atoms with Crippen molar-refractivity contribution in [1.82, 2.24) is 16.1 Å². The number of carbonyl (C=O) groups excluding carboxylic acids is 3. The standard InChI is InChI=1S/C23H27N3O5/c27-21(15-14-18-9-3-1-4-10-18)25-20(22(28)26-30)13-7-8-16-24-23(29)31-17-19-11-5-2-6-12-19/h1-6,9-12,14-15,20,30H,7-8,13,16-17H2,(H,24,29)(H,25,27)(H,26,28)/b15-14+/t20-/m0/s1. The average molecular weight is 425 g/mol. The largest absolute Gasteiger partial charge is 0.445 e. The monoisotopic (exact) mass is 425 g/mol. The van der Waals surface area contributed by atoms with Crippen LogP contribution in [0.3, 0.4) is 0 Å². The lowest BCUT2D eigenvalue weighted by atomic mass is 10.1. The van der Waals surface area contributed by atoms with E-state index in [1.54, 1.807) is 11.6 Å². The van der Waals surface area contributed by atoms with Gasteiger partial charge in [-0.05, 0) is 36.5 Å². The van der Waals surface area contributed by atoms with Crippen LogP contribution in [0.1, 0.15) is 30.4 Å². The third-order valence-electron chi connectivity index (χ3n) is 4.37. The molecule has 0 aliphatic carbocycles. The van der Waals surface area contributed by atoms with Crippen molar-refractivity contribution in [2.75, 3.05) is 6.54 Å². The Morgan fingerprint density at radius 2 is 1.65 bits per heavy atom. The first-order chi connectivity index (χ1) is 15.1. The molecule has 0 saturated heterocycles. The highest BCUT2D eigenvalue weighted by atomic mass is 16.5. The SMILES string of the molecule is O=C(/C=C/c1ccccc1)N[C@@H](CCCCNC(=O)OCc1ccccc1)C(=O)NO. The van der Waals surface area contributed by atoms with Crippen LogP contribution in [0, 0.1) is 0 Å². The van der Waals surface area contributed by atoms with E-state index in [1.165, 1.54) is 6.08 Å². The van der Waals surface area contributed by atoms with Crippen molar-refractivity contribution in [2.45, 2.75) is 31.9 Å². The number of hydroxylamine groups is 1. The van der Waals surface area contributed by atoms with Crippen LogP contribution in [0.4, 0.5) is 4.79 Å². The quantitative estimate of drug-likeness (QED) is 0.191. The summed E-state index contributed by atoms with van der Waals surface area (Å²) >= 11 is 0. The highest BCUT2D eigenvalue weighted by Crippen LogP contribution is 2.04. The molecule has 2 rings (SSSR count). The Hall–Kier alpha value is -3.65. The number of rotatable bonds is 11. The van der Waals surface area contributed by atoms with Crippen molar-refractivity contribution in [2.24, 2.45) is 0 Å². The number of unbranched alkanes of at least 4 members (excludes halogenated alkanes) is 1. The molecule has 0 fully saturated rings. The van der Waals surface area contributed by atoms with Gasteiger partial charge in [-0.25, -0.2) is 10.3 Å². The Labute approximate surface area is 181 Å². The van der Waals surface area contributed by atoms with E-state index in [4.69, 9.17) is 9.94 Å². The van der Waals surface area contributed by atoms with Crippen LogP contribution in [0.15, 0.2) is 66.7 Å². The van der Waals surface area contributed by atoms with Gasteiger partial charge in [-0.2, -0.15) is 0 Å². The van der Waals surface area contributed by atoms with Crippen LogP contribution in [0.25, 0.3) is 6.08 Å². The molecular weight excluding hydrogens is 398 g/mol. The molecule has 0 radical (unpaired) electrons. The second-order valence-corrected chi connectivity index (χ2v) is 6.77. The van der Waals surface area contributed by atoms with Gasteiger partial charge in [0, 0.05) is 12.6 Å². The summed E-state index contributed by atoms with van der Waals surface area (Å²) in [5.74, 6) is -1.14. The summed E-state index contributed by atoms with van der Waals surface area (Å²) in [5.41, 5.74) is 3.32. The maximum Gasteiger partial charge on any atom is 0.407 e.